The molecule has 3 aromatic rings. The van der Waals surface area contributed by atoms with E-state index in [-0.39, 0.29) is 0 Å². The smallest absolute Gasteiger partial charge is 0.0642 e. The molecule has 3 aromatic carbocycles. The number of fused-ring (bicyclic) bond motifs is 1. The molecule has 3 rings (SSSR count). The lowest BCUT2D eigenvalue weighted by atomic mass is 10.1. The lowest BCUT2D eigenvalue weighted by Gasteiger charge is -2.23. The third kappa shape index (κ3) is 2.10. The van der Waals surface area contributed by atoms with Crippen LogP contribution in [0.4, 0.5) is 17.1 Å². The quantitative estimate of drug-likeness (QED) is 0.689. The third-order valence-corrected chi connectivity index (χ3v) is 3.67. The summed E-state index contributed by atoms with van der Waals surface area (Å²) in [7, 11) is 2.06. The second-order valence-electron chi connectivity index (χ2n) is 5.12. The van der Waals surface area contributed by atoms with Gasteiger partial charge >= 0.3 is 0 Å². The summed E-state index contributed by atoms with van der Waals surface area (Å²) in [4.78, 5) is 2.15. The number of nitrogen functional groups attached to an aromatic ring is 1. The maximum Gasteiger partial charge on any atom is 0.0642 e. The van der Waals surface area contributed by atoms with Gasteiger partial charge in [-0.1, -0.05) is 42.5 Å². The molecule has 0 saturated carbocycles. The third-order valence-electron chi connectivity index (χ3n) is 3.67. The molecular weight excluding hydrogens is 244 g/mol. The van der Waals surface area contributed by atoms with E-state index in [1.807, 2.05) is 6.07 Å². The number of anilines is 3. The van der Waals surface area contributed by atoms with Crippen LogP contribution in [0, 0.1) is 6.92 Å². The Morgan fingerprint density at radius 3 is 2.40 bits per heavy atom. The van der Waals surface area contributed by atoms with Gasteiger partial charge in [0.15, 0.2) is 0 Å². The van der Waals surface area contributed by atoms with Gasteiger partial charge in [-0.3, -0.25) is 0 Å². The van der Waals surface area contributed by atoms with Crippen molar-refractivity contribution >= 4 is 27.8 Å². The molecule has 0 aliphatic rings. The van der Waals surface area contributed by atoms with Crippen molar-refractivity contribution in [2.75, 3.05) is 17.7 Å². The molecule has 0 aliphatic heterocycles. The maximum atomic E-state index is 6.16. The minimum absolute atomic E-state index is 0.806. The first-order valence-electron chi connectivity index (χ1n) is 6.74. The number of nitrogens with zero attached hydrogens (tertiary/aromatic N) is 1. The highest BCUT2D eigenvalue weighted by Gasteiger charge is 2.10. The molecule has 0 unspecified atom stereocenters. The van der Waals surface area contributed by atoms with Crippen LogP contribution >= 0.6 is 0 Å². The molecule has 0 bridgehead atoms. The van der Waals surface area contributed by atoms with Gasteiger partial charge in [-0.05, 0) is 36.1 Å². The second-order valence-corrected chi connectivity index (χ2v) is 5.12. The van der Waals surface area contributed by atoms with E-state index in [1.165, 1.54) is 22.0 Å². The number of aryl methyl sites for hydroxylation is 1. The monoisotopic (exact) mass is 262 g/mol. The Hall–Kier alpha value is -2.48. The van der Waals surface area contributed by atoms with Crippen molar-refractivity contribution in [1.82, 2.24) is 0 Å². The van der Waals surface area contributed by atoms with Gasteiger partial charge in [-0.15, -0.1) is 0 Å². The Bertz CT molecular complexity index is 757. The molecule has 2 N–H and O–H groups in total. The van der Waals surface area contributed by atoms with Crippen LogP contribution in [-0.2, 0) is 0 Å². The molecule has 2 heteroatoms. The average molecular weight is 262 g/mol. The van der Waals surface area contributed by atoms with Crippen molar-refractivity contribution in [3.63, 3.8) is 0 Å². The topological polar surface area (TPSA) is 29.3 Å². The predicted molar refractivity (Wildman–Crippen MR) is 87.6 cm³/mol. The fourth-order valence-corrected chi connectivity index (χ4v) is 2.61. The summed E-state index contributed by atoms with van der Waals surface area (Å²) >= 11 is 0. The van der Waals surface area contributed by atoms with Crippen molar-refractivity contribution in [2.45, 2.75) is 6.92 Å². The molecule has 0 fully saturated rings. The van der Waals surface area contributed by atoms with Gasteiger partial charge in [-0.25, -0.2) is 0 Å². The van der Waals surface area contributed by atoms with Crippen LogP contribution in [0.25, 0.3) is 10.8 Å². The van der Waals surface area contributed by atoms with Crippen LogP contribution in [0.15, 0.2) is 60.7 Å². The number of nitrogens with two attached hydrogens (primary N) is 1. The molecule has 0 amide bonds. The fraction of sp³-hybridized carbons (Fsp3) is 0.111. The molecule has 0 heterocycles. The van der Waals surface area contributed by atoms with E-state index in [0.29, 0.717) is 0 Å². The highest BCUT2D eigenvalue weighted by atomic mass is 15.1. The Morgan fingerprint density at radius 1 is 0.850 bits per heavy atom. The van der Waals surface area contributed by atoms with Gasteiger partial charge in [0.05, 0.1) is 11.4 Å². The maximum absolute atomic E-state index is 6.16. The largest absolute Gasteiger partial charge is 0.397 e. The van der Waals surface area contributed by atoms with E-state index in [2.05, 4.69) is 73.5 Å². The van der Waals surface area contributed by atoms with Crippen molar-refractivity contribution in [1.29, 1.82) is 0 Å². The molecule has 0 saturated heterocycles. The molecule has 100 valence electrons. The minimum Gasteiger partial charge on any atom is -0.397 e. The fourth-order valence-electron chi connectivity index (χ4n) is 2.61. The van der Waals surface area contributed by atoms with E-state index in [9.17, 15) is 0 Å². The Morgan fingerprint density at radius 2 is 1.60 bits per heavy atom. The highest BCUT2D eigenvalue weighted by molar-refractivity contribution is 5.96. The van der Waals surface area contributed by atoms with Gasteiger partial charge in [0.25, 0.3) is 0 Å². The predicted octanol–water partition coefficient (Wildman–Crippen LogP) is 4.50. The second kappa shape index (κ2) is 4.89. The first-order chi connectivity index (χ1) is 9.66. The Labute approximate surface area is 119 Å². The lowest BCUT2D eigenvalue weighted by Crippen LogP contribution is -2.12. The molecule has 0 spiro atoms. The molecule has 2 nitrogen and oxygen atoms in total. The van der Waals surface area contributed by atoms with E-state index >= 15 is 0 Å². The number of benzene rings is 3. The normalized spacial score (nSPS) is 10.7. The molecule has 0 aromatic heterocycles. The summed E-state index contributed by atoms with van der Waals surface area (Å²) < 4.78 is 0. The summed E-state index contributed by atoms with van der Waals surface area (Å²) in [6, 6.07) is 20.9. The summed E-state index contributed by atoms with van der Waals surface area (Å²) in [6.45, 7) is 2.05. The minimum atomic E-state index is 0.806. The van der Waals surface area contributed by atoms with Crippen LogP contribution in [0.1, 0.15) is 5.56 Å². The number of hydrogen-bond donors (Lipinski definition) is 1. The molecule has 0 aliphatic carbocycles. The molecule has 20 heavy (non-hydrogen) atoms. The summed E-state index contributed by atoms with van der Waals surface area (Å²) in [5.41, 5.74) is 10.3. The van der Waals surface area contributed by atoms with Crippen LogP contribution in [0.2, 0.25) is 0 Å². The zero-order chi connectivity index (χ0) is 14.1. The molecule has 0 atom stereocenters. The Balaban J connectivity index is 2.15. The van der Waals surface area contributed by atoms with Gasteiger partial charge in [0.2, 0.25) is 0 Å². The van der Waals surface area contributed by atoms with Gasteiger partial charge < -0.3 is 10.6 Å². The van der Waals surface area contributed by atoms with Gasteiger partial charge in [-0.2, -0.15) is 0 Å². The van der Waals surface area contributed by atoms with Crippen LogP contribution < -0.4 is 10.6 Å². The van der Waals surface area contributed by atoms with Crippen molar-refractivity contribution in [3.05, 3.63) is 66.2 Å². The van der Waals surface area contributed by atoms with Gasteiger partial charge in [0.1, 0.15) is 0 Å². The van der Waals surface area contributed by atoms with Crippen LogP contribution in [0.3, 0.4) is 0 Å². The van der Waals surface area contributed by atoms with E-state index in [4.69, 9.17) is 5.73 Å². The highest BCUT2D eigenvalue weighted by Crippen LogP contribution is 2.34. The van der Waals surface area contributed by atoms with Crippen molar-refractivity contribution in [2.24, 2.45) is 0 Å². The van der Waals surface area contributed by atoms with E-state index in [0.717, 1.165) is 11.4 Å². The zero-order valence-corrected chi connectivity index (χ0v) is 11.8. The zero-order valence-electron chi connectivity index (χ0n) is 11.8. The summed E-state index contributed by atoms with van der Waals surface area (Å²) in [5, 5.41) is 2.47. The number of hydrogen-bond acceptors (Lipinski definition) is 2. The standard InChI is InChI=1S/C18H18N2/c1-13-10-11-18(16(19)12-13)20(2)17-9-5-7-14-6-3-4-8-15(14)17/h3-12H,19H2,1-2H3. The lowest BCUT2D eigenvalue weighted by molar-refractivity contribution is 1.22. The van der Waals surface area contributed by atoms with Crippen molar-refractivity contribution in [3.8, 4) is 0 Å². The van der Waals surface area contributed by atoms with Crippen LogP contribution in [0.5, 0.6) is 0 Å². The number of rotatable bonds is 2. The van der Waals surface area contributed by atoms with Gasteiger partial charge in [0, 0.05) is 18.1 Å². The molecule has 0 radical (unpaired) electrons. The summed E-state index contributed by atoms with van der Waals surface area (Å²) in [5.74, 6) is 0. The summed E-state index contributed by atoms with van der Waals surface area (Å²) in [6.07, 6.45) is 0. The first kappa shape index (κ1) is 12.5. The average Bonchev–Trinajstić information content (AvgIpc) is 2.46. The molecular formula is C18H18N2. The van der Waals surface area contributed by atoms with E-state index < -0.39 is 0 Å². The Kier molecular flexibility index (Phi) is 3.07. The van der Waals surface area contributed by atoms with Crippen LogP contribution in [-0.4, -0.2) is 7.05 Å². The van der Waals surface area contributed by atoms with E-state index in [1.54, 1.807) is 0 Å². The first-order valence-corrected chi connectivity index (χ1v) is 6.74. The SMILES string of the molecule is Cc1ccc(N(C)c2cccc3ccccc23)c(N)c1. The van der Waals surface area contributed by atoms with Crippen molar-refractivity contribution < 1.29 is 0 Å².